The highest BCUT2D eigenvalue weighted by molar-refractivity contribution is 6.00. The van der Waals surface area contributed by atoms with E-state index in [0.717, 1.165) is 29.6 Å². The van der Waals surface area contributed by atoms with E-state index in [4.69, 9.17) is 0 Å². The summed E-state index contributed by atoms with van der Waals surface area (Å²) in [6.45, 7) is 0. The quantitative estimate of drug-likeness (QED) is 0.723. The van der Waals surface area contributed by atoms with Gasteiger partial charge in [-0.25, -0.2) is 9.97 Å². The Hall–Kier alpha value is -2.42. The standard InChI is InChI=1S/C19H19N3/c1-2-5-11-15(10-4-1)18-17-16(14-8-6-3-7-9-14)12-20-19(17)22-13-21-18/h3,6-10,12-13H,1-2,4-5,11H2,(H,20,21,22). The summed E-state index contributed by atoms with van der Waals surface area (Å²) in [5, 5.41) is 1.15. The first-order valence-corrected chi connectivity index (χ1v) is 8.00. The molecule has 2 heterocycles. The van der Waals surface area contributed by atoms with Crippen molar-refractivity contribution in [2.75, 3.05) is 0 Å². The lowest BCUT2D eigenvalue weighted by atomic mass is 9.99. The molecule has 1 aromatic carbocycles. The number of benzene rings is 1. The van der Waals surface area contributed by atoms with Gasteiger partial charge >= 0.3 is 0 Å². The Balaban J connectivity index is 1.92. The molecule has 0 spiro atoms. The SMILES string of the molecule is C1=C(c2ncnc3[nH]cc(-c4ccccc4)c23)CCCCC1. The van der Waals surface area contributed by atoms with E-state index in [0.29, 0.717) is 0 Å². The van der Waals surface area contributed by atoms with Crippen LogP contribution in [0.3, 0.4) is 0 Å². The first-order chi connectivity index (χ1) is 10.9. The third-order valence-electron chi connectivity index (χ3n) is 4.40. The zero-order valence-corrected chi connectivity index (χ0v) is 12.5. The average molecular weight is 289 g/mol. The number of H-pyrrole nitrogens is 1. The van der Waals surface area contributed by atoms with Crippen LogP contribution in [0, 0.1) is 0 Å². The van der Waals surface area contributed by atoms with Crippen LogP contribution in [0.1, 0.15) is 37.8 Å². The number of aromatic amines is 1. The molecular formula is C19H19N3. The van der Waals surface area contributed by atoms with Crippen molar-refractivity contribution in [3.8, 4) is 11.1 Å². The summed E-state index contributed by atoms with van der Waals surface area (Å²) in [6, 6.07) is 10.5. The van der Waals surface area contributed by atoms with Gasteiger partial charge in [0.1, 0.15) is 12.0 Å². The van der Waals surface area contributed by atoms with Gasteiger partial charge < -0.3 is 4.98 Å². The Bertz CT molecular complexity index is 815. The molecule has 0 aliphatic heterocycles. The number of hydrogen-bond acceptors (Lipinski definition) is 2. The molecule has 110 valence electrons. The summed E-state index contributed by atoms with van der Waals surface area (Å²) in [4.78, 5) is 12.3. The Labute approximate surface area is 130 Å². The van der Waals surface area contributed by atoms with Gasteiger partial charge in [-0.2, -0.15) is 0 Å². The van der Waals surface area contributed by atoms with Crippen molar-refractivity contribution in [3.63, 3.8) is 0 Å². The number of aromatic nitrogens is 3. The second-order valence-corrected chi connectivity index (χ2v) is 5.84. The molecule has 0 atom stereocenters. The van der Waals surface area contributed by atoms with Crippen molar-refractivity contribution in [2.45, 2.75) is 32.1 Å². The second kappa shape index (κ2) is 5.76. The minimum atomic E-state index is 0.925. The summed E-state index contributed by atoms with van der Waals surface area (Å²) < 4.78 is 0. The van der Waals surface area contributed by atoms with Crippen LogP contribution in [0.4, 0.5) is 0 Å². The highest BCUT2D eigenvalue weighted by atomic mass is 14.9. The molecule has 1 aliphatic rings. The van der Waals surface area contributed by atoms with E-state index >= 15 is 0 Å². The van der Waals surface area contributed by atoms with E-state index in [-0.39, 0.29) is 0 Å². The first kappa shape index (κ1) is 13.3. The molecule has 0 saturated heterocycles. The topological polar surface area (TPSA) is 41.6 Å². The highest BCUT2D eigenvalue weighted by Crippen LogP contribution is 2.34. The molecule has 1 N–H and O–H groups in total. The van der Waals surface area contributed by atoms with Crippen molar-refractivity contribution in [1.29, 1.82) is 0 Å². The number of hydrogen-bond donors (Lipinski definition) is 1. The minimum Gasteiger partial charge on any atom is -0.345 e. The molecule has 1 aliphatic carbocycles. The third-order valence-corrected chi connectivity index (χ3v) is 4.40. The molecule has 0 unspecified atom stereocenters. The van der Waals surface area contributed by atoms with Crippen LogP contribution < -0.4 is 0 Å². The van der Waals surface area contributed by atoms with Crippen LogP contribution in [0.2, 0.25) is 0 Å². The molecule has 0 amide bonds. The normalized spacial score (nSPS) is 15.5. The molecule has 0 fully saturated rings. The largest absolute Gasteiger partial charge is 0.345 e. The van der Waals surface area contributed by atoms with E-state index in [1.165, 1.54) is 36.0 Å². The van der Waals surface area contributed by atoms with Crippen molar-refractivity contribution in [1.82, 2.24) is 15.0 Å². The average Bonchev–Trinajstić information content (AvgIpc) is 2.82. The summed E-state index contributed by atoms with van der Waals surface area (Å²) in [7, 11) is 0. The number of rotatable bonds is 2. The maximum atomic E-state index is 4.63. The van der Waals surface area contributed by atoms with Crippen molar-refractivity contribution < 1.29 is 0 Å². The fourth-order valence-corrected chi connectivity index (χ4v) is 3.28. The number of nitrogens with zero attached hydrogens (tertiary/aromatic N) is 2. The Kier molecular flexibility index (Phi) is 3.47. The molecule has 0 bridgehead atoms. The van der Waals surface area contributed by atoms with Gasteiger partial charge in [-0.1, -0.05) is 42.8 Å². The maximum absolute atomic E-state index is 4.63. The summed E-state index contributed by atoms with van der Waals surface area (Å²) >= 11 is 0. The first-order valence-electron chi connectivity index (χ1n) is 8.00. The fourth-order valence-electron chi connectivity index (χ4n) is 3.28. The lowest BCUT2D eigenvalue weighted by molar-refractivity contribution is 0.720. The molecule has 22 heavy (non-hydrogen) atoms. The van der Waals surface area contributed by atoms with E-state index in [1.54, 1.807) is 6.33 Å². The van der Waals surface area contributed by atoms with Gasteiger partial charge in [0, 0.05) is 11.8 Å². The van der Waals surface area contributed by atoms with Gasteiger partial charge in [-0.15, -0.1) is 0 Å². The van der Waals surface area contributed by atoms with E-state index in [1.807, 2.05) is 6.07 Å². The third kappa shape index (κ3) is 2.33. The monoisotopic (exact) mass is 289 g/mol. The highest BCUT2D eigenvalue weighted by Gasteiger charge is 2.16. The summed E-state index contributed by atoms with van der Waals surface area (Å²) in [6.07, 6.45) is 12.2. The molecule has 0 radical (unpaired) electrons. The minimum absolute atomic E-state index is 0.925. The second-order valence-electron chi connectivity index (χ2n) is 5.84. The molecule has 2 aromatic heterocycles. The Morgan fingerprint density at radius 2 is 1.86 bits per heavy atom. The Morgan fingerprint density at radius 3 is 2.77 bits per heavy atom. The van der Waals surface area contributed by atoms with Crippen LogP contribution in [0.5, 0.6) is 0 Å². The zero-order chi connectivity index (χ0) is 14.8. The predicted molar refractivity (Wildman–Crippen MR) is 90.4 cm³/mol. The predicted octanol–water partition coefficient (Wildman–Crippen LogP) is 4.97. The Morgan fingerprint density at radius 1 is 0.955 bits per heavy atom. The van der Waals surface area contributed by atoms with Gasteiger partial charge in [0.15, 0.2) is 0 Å². The summed E-state index contributed by atoms with van der Waals surface area (Å²) in [5.41, 5.74) is 5.80. The van der Waals surface area contributed by atoms with Gasteiger partial charge in [0.05, 0.1) is 11.1 Å². The van der Waals surface area contributed by atoms with Crippen LogP contribution in [0.15, 0.2) is 48.9 Å². The van der Waals surface area contributed by atoms with Crippen LogP contribution >= 0.6 is 0 Å². The maximum Gasteiger partial charge on any atom is 0.141 e. The van der Waals surface area contributed by atoms with Crippen LogP contribution in [-0.4, -0.2) is 15.0 Å². The summed E-state index contributed by atoms with van der Waals surface area (Å²) in [5.74, 6) is 0. The van der Waals surface area contributed by atoms with Crippen molar-refractivity contribution >= 4 is 16.6 Å². The smallest absolute Gasteiger partial charge is 0.141 e. The molecular weight excluding hydrogens is 270 g/mol. The van der Waals surface area contributed by atoms with Crippen LogP contribution in [-0.2, 0) is 0 Å². The van der Waals surface area contributed by atoms with E-state index in [9.17, 15) is 0 Å². The lowest BCUT2D eigenvalue weighted by Crippen LogP contribution is -1.93. The molecule has 3 heteroatoms. The van der Waals surface area contributed by atoms with E-state index < -0.39 is 0 Å². The van der Waals surface area contributed by atoms with Crippen molar-refractivity contribution in [3.05, 3.63) is 54.6 Å². The van der Waals surface area contributed by atoms with Gasteiger partial charge in [0.25, 0.3) is 0 Å². The molecule has 4 rings (SSSR count). The molecule has 0 saturated carbocycles. The zero-order valence-electron chi connectivity index (χ0n) is 12.5. The lowest BCUT2D eigenvalue weighted by Gasteiger charge is -2.08. The van der Waals surface area contributed by atoms with Gasteiger partial charge in [-0.05, 0) is 36.8 Å². The van der Waals surface area contributed by atoms with Gasteiger partial charge in [-0.3, -0.25) is 0 Å². The number of fused-ring (bicyclic) bond motifs is 1. The van der Waals surface area contributed by atoms with Crippen molar-refractivity contribution in [2.24, 2.45) is 0 Å². The number of allylic oxidation sites excluding steroid dienone is 2. The molecule has 3 aromatic rings. The number of nitrogens with one attached hydrogen (secondary N) is 1. The molecule has 3 nitrogen and oxygen atoms in total. The fraction of sp³-hybridized carbons (Fsp3) is 0.263. The van der Waals surface area contributed by atoms with Gasteiger partial charge in [0.2, 0.25) is 0 Å². The van der Waals surface area contributed by atoms with E-state index in [2.05, 4.69) is 51.5 Å². The van der Waals surface area contributed by atoms with Crippen LogP contribution in [0.25, 0.3) is 27.7 Å².